The minimum absolute atomic E-state index is 0.0482. The van der Waals surface area contributed by atoms with Crippen molar-refractivity contribution in [1.82, 2.24) is 4.98 Å². The highest BCUT2D eigenvalue weighted by Gasteiger charge is 2.23. The highest BCUT2D eigenvalue weighted by atomic mass is 35.5. The number of hydrogen-bond donors (Lipinski definition) is 1. The quantitative estimate of drug-likeness (QED) is 0.658. The molecule has 1 amide bonds. The Labute approximate surface area is 146 Å². The highest BCUT2D eigenvalue weighted by molar-refractivity contribution is 6.32. The Kier molecular flexibility index (Phi) is 5.93. The van der Waals surface area contributed by atoms with E-state index in [1.165, 1.54) is 12.3 Å². The summed E-state index contributed by atoms with van der Waals surface area (Å²) >= 11 is 5.88. The lowest BCUT2D eigenvalue weighted by atomic mass is 10.1. The smallest absolute Gasteiger partial charge is 0.342 e. The molecule has 6 heteroatoms. The molecule has 0 fully saturated rings. The first-order valence-electron chi connectivity index (χ1n) is 7.61. The molecule has 126 valence electrons. The Hall–Kier alpha value is -2.40. The van der Waals surface area contributed by atoms with Crippen molar-refractivity contribution in [3.63, 3.8) is 0 Å². The molecule has 0 spiro atoms. The number of amides is 1. The number of carbonyl (C=O) groups excluding carboxylic acids is 2. The fourth-order valence-electron chi connectivity index (χ4n) is 2.32. The number of hydrogen-bond acceptors (Lipinski definition) is 4. The maximum absolute atomic E-state index is 12.4. The van der Waals surface area contributed by atoms with E-state index in [2.05, 4.69) is 10.3 Å². The third-order valence-corrected chi connectivity index (χ3v) is 3.68. The van der Waals surface area contributed by atoms with Crippen molar-refractivity contribution in [3.8, 4) is 0 Å². The first-order valence-corrected chi connectivity index (χ1v) is 7.99. The molecule has 0 radical (unpaired) electrons. The standard InChI is InChI=1S/C18H19ClN2O3/c1-4-15(24-18(23)14-6-5-7-20-16(14)19)17(22)21-13-9-11(2)8-12(3)10-13/h5-10,15H,4H2,1-3H3,(H,21,22). The lowest BCUT2D eigenvalue weighted by Crippen LogP contribution is -2.32. The van der Waals surface area contributed by atoms with Crippen LogP contribution in [0.4, 0.5) is 5.69 Å². The van der Waals surface area contributed by atoms with Gasteiger partial charge in [0.25, 0.3) is 5.91 Å². The maximum Gasteiger partial charge on any atom is 0.342 e. The molecule has 1 unspecified atom stereocenters. The first-order chi connectivity index (χ1) is 11.4. The average molecular weight is 347 g/mol. The van der Waals surface area contributed by atoms with Gasteiger partial charge >= 0.3 is 5.97 Å². The summed E-state index contributed by atoms with van der Waals surface area (Å²) < 4.78 is 5.29. The Morgan fingerprint density at radius 2 is 1.92 bits per heavy atom. The second-order valence-corrected chi connectivity index (χ2v) is 5.87. The Morgan fingerprint density at radius 1 is 1.25 bits per heavy atom. The van der Waals surface area contributed by atoms with E-state index in [1.807, 2.05) is 32.0 Å². The van der Waals surface area contributed by atoms with E-state index in [4.69, 9.17) is 16.3 Å². The maximum atomic E-state index is 12.4. The van der Waals surface area contributed by atoms with Crippen LogP contribution >= 0.6 is 11.6 Å². The van der Waals surface area contributed by atoms with Gasteiger partial charge in [-0.25, -0.2) is 9.78 Å². The van der Waals surface area contributed by atoms with Crippen LogP contribution in [0.5, 0.6) is 0 Å². The molecule has 2 rings (SSSR count). The van der Waals surface area contributed by atoms with E-state index in [1.54, 1.807) is 13.0 Å². The lowest BCUT2D eigenvalue weighted by molar-refractivity contribution is -0.124. The minimum Gasteiger partial charge on any atom is -0.449 e. The topological polar surface area (TPSA) is 68.3 Å². The number of carbonyl (C=O) groups is 2. The van der Waals surface area contributed by atoms with Crippen LogP contribution in [-0.4, -0.2) is 23.0 Å². The van der Waals surface area contributed by atoms with Crippen LogP contribution in [0, 0.1) is 13.8 Å². The molecule has 0 saturated heterocycles. The third kappa shape index (κ3) is 4.55. The number of aryl methyl sites for hydroxylation is 2. The summed E-state index contributed by atoms with van der Waals surface area (Å²) in [6.45, 7) is 5.67. The Bertz CT molecular complexity index is 741. The summed E-state index contributed by atoms with van der Waals surface area (Å²) in [6, 6.07) is 8.82. The van der Waals surface area contributed by atoms with E-state index in [9.17, 15) is 9.59 Å². The molecule has 0 saturated carbocycles. The molecule has 0 aliphatic heterocycles. The van der Waals surface area contributed by atoms with E-state index in [0.717, 1.165) is 11.1 Å². The summed E-state index contributed by atoms with van der Waals surface area (Å²) in [5.74, 6) is -1.05. The van der Waals surface area contributed by atoms with Crippen molar-refractivity contribution in [2.75, 3.05) is 5.32 Å². The third-order valence-electron chi connectivity index (χ3n) is 3.38. The van der Waals surface area contributed by atoms with E-state index < -0.39 is 12.1 Å². The zero-order valence-electron chi connectivity index (χ0n) is 13.8. The lowest BCUT2D eigenvalue weighted by Gasteiger charge is -2.17. The first kappa shape index (κ1) is 17.9. The van der Waals surface area contributed by atoms with Crippen LogP contribution in [-0.2, 0) is 9.53 Å². The molecule has 2 aromatic rings. The summed E-state index contributed by atoms with van der Waals surface area (Å²) in [7, 11) is 0. The van der Waals surface area contributed by atoms with Gasteiger partial charge in [-0.05, 0) is 55.7 Å². The summed E-state index contributed by atoms with van der Waals surface area (Å²) in [6.07, 6.45) is 0.915. The van der Waals surface area contributed by atoms with E-state index in [0.29, 0.717) is 12.1 Å². The molecule has 5 nitrogen and oxygen atoms in total. The van der Waals surface area contributed by atoms with Crippen LogP contribution in [0.1, 0.15) is 34.8 Å². The monoisotopic (exact) mass is 346 g/mol. The number of rotatable bonds is 5. The van der Waals surface area contributed by atoms with Crippen molar-refractivity contribution in [3.05, 3.63) is 58.4 Å². The zero-order valence-corrected chi connectivity index (χ0v) is 14.6. The molecular formula is C18H19ClN2O3. The van der Waals surface area contributed by atoms with Crippen molar-refractivity contribution in [2.24, 2.45) is 0 Å². The number of ether oxygens (including phenoxy) is 1. The molecule has 1 atom stereocenters. The van der Waals surface area contributed by atoms with Crippen LogP contribution in [0.25, 0.3) is 0 Å². The molecular weight excluding hydrogens is 328 g/mol. The predicted octanol–water partition coefficient (Wildman–Crippen LogP) is 3.93. The minimum atomic E-state index is -0.908. The normalized spacial score (nSPS) is 11.7. The van der Waals surface area contributed by atoms with Crippen LogP contribution in [0.15, 0.2) is 36.5 Å². The van der Waals surface area contributed by atoms with Gasteiger partial charge in [0.15, 0.2) is 6.10 Å². The second kappa shape index (κ2) is 7.93. The number of esters is 1. The highest BCUT2D eigenvalue weighted by Crippen LogP contribution is 2.17. The number of nitrogens with zero attached hydrogens (tertiary/aromatic N) is 1. The number of pyridine rings is 1. The summed E-state index contributed by atoms with van der Waals surface area (Å²) in [4.78, 5) is 28.4. The van der Waals surface area contributed by atoms with E-state index >= 15 is 0 Å². The fraction of sp³-hybridized carbons (Fsp3) is 0.278. The largest absolute Gasteiger partial charge is 0.449 e. The number of aromatic nitrogens is 1. The molecule has 0 bridgehead atoms. The molecule has 1 aromatic heterocycles. The van der Waals surface area contributed by atoms with Crippen molar-refractivity contribution in [2.45, 2.75) is 33.3 Å². The Morgan fingerprint density at radius 3 is 2.50 bits per heavy atom. The van der Waals surface area contributed by atoms with Gasteiger partial charge in [-0.3, -0.25) is 4.79 Å². The van der Waals surface area contributed by atoms with Gasteiger partial charge in [0.2, 0.25) is 0 Å². The van der Waals surface area contributed by atoms with Gasteiger partial charge in [0.1, 0.15) is 5.15 Å². The SMILES string of the molecule is CCC(OC(=O)c1cccnc1Cl)C(=O)Nc1cc(C)cc(C)c1. The van der Waals surface area contributed by atoms with Crippen LogP contribution in [0.3, 0.4) is 0 Å². The molecule has 0 aliphatic carbocycles. The van der Waals surface area contributed by atoms with Gasteiger partial charge in [-0.2, -0.15) is 0 Å². The predicted molar refractivity (Wildman–Crippen MR) is 93.3 cm³/mol. The molecule has 1 aromatic carbocycles. The number of halogens is 1. The molecule has 0 aliphatic rings. The molecule has 24 heavy (non-hydrogen) atoms. The van der Waals surface area contributed by atoms with E-state index in [-0.39, 0.29) is 16.6 Å². The van der Waals surface area contributed by atoms with Gasteiger partial charge < -0.3 is 10.1 Å². The van der Waals surface area contributed by atoms with Gasteiger partial charge in [0.05, 0.1) is 5.56 Å². The van der Waals surface area contributed by atoms with Crippen LogP contribution < -0.4 is 5.32 Å². The van der Waals surface area contributed by atoms with Gasteiger partial charge in [-0.15, -0.1) is 0 Å². The molecule has 1 heterocycles. The number of anilines is 1. The van der Waals surface area contributed by atoms with Crippen molar-refractivity contribution >= 4 is 29.2 Å². The van der Waals surface area contributed by atoms with Crippen LogP contribution in [0.2, 0.25) is 5.15 Å². The number of nitrogens with one attached hydrogen (secondary N) is 1. The Balaban J connectivity index is 2.09. The fourth-order valence-corrected chi connectivity index (χ4v) is 2.52. The van der Waals surface area contributed by atoms with Gasteiger partial charge in [0, 0.05) is 11.9 Å². The van der Waals surface area contributed by atoms with Crippen molar-refractivity contribution in [1.29, 1.82) is 0 Å². The summed E-state index contributed by atoms with van der Waals surface area (Å²) in [5.41, 5.74) is 2.89. The average Bonchev–Trinajstić information content (AvgIpc) is 2.51. The van der Waals surface area contributed by atoms with Crippen molar-refractivity contribution < 1.29 is 14.3 Å². The zero-order chi connectivity index (χ0) is 17.7. The number of benzene rings is 1. The molecule has 1 N–H and O–H groups in total. The second-order valence-electron chi connectivity index (χ2n) is 5.51. The summed E-state index contributed by atoms with van der Waals surface area (Å²) in [5, 5.41) is 2.83. The van der Waals surface area contributed by atoms with Gasteiger partial charge in [-0.1, -0.05) is 24.6 Å².